The third-order valence-corrected chi connectivity index (χ3v) is 2.85. The molecule has 0 fully saturated rings. The second-order valence-corrected chi connectivity index (χ2v) is 4.37. The van der Waals surface area contributed by atoms with E-state index in [0.29, 0.717) is 0 Å². The van der Waals surface area contributed by atoms with Gasteiger partial charge in [0.25, 0.3) is 0 Å². The Morgan fingerprint density at radius 1 is 1.17 bits per heavy atom. The van der Waals surface area contributed by atoms with Gasteiger partial charge in [-0.25, -0.2) is 0 Å². The van der Waals surface area contributed by atoms with Gasteiger partial charge in [-0.15, -0.1) is 0 Å². The second-order valence-electron chi connectivity index (χ2n) is 4.37. The van der Waals surface area contributed by atoms with Crippen molar-refractivity contribution in [1.29, 1.82) is 0 Å². The van der Waals surface area contributed by atoms with Gasteiger partial charge in [0, 0.05) is 36.9 Å². The topological polar surface area (TPSA) is 42.2 Å². The lowest BCUT2D eigenvalue weighted by Crippen LogP contribution is -2.23. The fourth-order valence-corrected chi connectivity index (χ4v) is 2.00. The Balaban J connectivity index is 2.18. The van der Waals surface area contributed by atoms with E-state index in [0.717, 1.165) is 25.2 Å². The van der Waals surface area contributed by atoms with Crippen LogP contribution in [0.2, 0.25) is 0 Å². The third-order valence-electron chi connectivity index (χ3n) is 2.85. The molecule has 2 N–H and O–H groups in total. The first kappa shape index (κ1) is 12.4. The van der Waals surface area contributed by atoms with Crippen molar-refractivity contribution < 1.29 is 0 Å². The standard InChI is InChI=1S/C15H19N3/c1-2-10-18(12-13-6-8-17-9-7-13)15-5-3-4-14(16)11-15/h3-9,11H,2,10,12,16H2,1H3. The number of nitrogen functional groups attached to an aromatic ring is 1. The summed E-state index contributed by atoms with van der Waals surface area (Å²) >= 11 is 0. The third kappa shape index (κ3) is 3.23. The van der Waals surface area contributed by atoms with Gasteiger partial charge in [0.1, 0.15) is 0 Å². The van der Waals surface area contributed by atoms with E-state index in [-0.39, 0.29) is 0 Å². The summed E-state index contributed by atoms with van der Waals surface area (Å²) in [5.41, 5.74) is 9.10. The average Bonchev–Trinajstić information content (AvgIpc) is 2.39. The molecule has 1 aromatic heterocycles. The van der Waals surface area contributed by atoms with Crippen LogP contribution in [0.3, 0.4) is 0 Å². The Bertz CT molecular complexity index is 482. The van der Waals surface area contributed by atoms with Gasteiger partial charge in [0.05, 0.1) is 0 Å². The number of aromatic nitrogens is 1. The number of rotatable bonds is 5. The Hall–Kier alpha value is -2.03. The molecule has 2 rings (SSSR count). The fourth-order valence-electron chi connectivity index (χ4n) is 2.00. The van der Waals surface area contributed by atoms with Crippen molar-refractivity contribution in [2.75, 3.05) is 17.2 Å². The normalized spacial score (nSPS) is 10.3. The van der Waals surface area contributed by atoms with E-state index < -0.39 is 0 Å². The summed E-state index contributed by atoms with van der Waals surface area (Å²) in [7, 11) is 0. The fraction of sp³-hybridized carbons (Fsp3) is 0.267. The number of hydrogen-bond donors (Lipinski definition) is 1. The van der Waals surface area contributed by atoms with Crippen molar-refractivity contribution in [3.8, 4) is 0 Å². The van der Waals surface area contributed by atoms with Crippen LogP contribution in [0, 0.1) is 0 Å². The van der Waals surface area contributed by atoms with Crippen LogP contribution in [-0.2, 0) is 6.54 Å². The molecule has 0 radical (unpaired) electrons. The van der Waals surface area contributed by atoms with Gasteiger partial charge in [0.15, 0.2) is 0 Å². The zero-order valence-corrected chi connectivity index (χ0v) is 10.7. The van der Waals surface area contributed by atoms with Crippen molar-refractivity contribution in [2.24, 2.45) is 0 Å². The predicted molar refractivity (Wildman–Crippen MR) is 76.4 cm³/mol. The number of benzene rings is 1. The average molecular weight is 241 g/mol. The molecule has 2 aromatic rings. The number of anilines is 2. The molecular formula is C15H19N3. The monoisotopic (exact) mass is 241 g/mol. The second kappa shape index (κ2) is 6.05. The number of pyridine rings is 1. The lowest BCUT2D eigenvalue weighted by Gasteiger charge is -2.24. The highest BCUT2D eigenvalue weighted by Gasteiger charge is 2.06. The lowest BCUT2D eigenvalue weighted by molar-refractivity contribution is 0.767. The minimum atomic E-state index is 0.809. The van der Waals surface area contributed by atoms with Crippen LogP contribution < -0.4 is 10.6 Å². The zero-order valence-electron chi connectivity index (χ0n) is 10.7. The van der Waals surface area contributed by atoms with Crippen LogP contribution in [0.15, 0.2) is 48.8 Å². The van der Waals surface area contributed by atoms with E-state index in [2.05, 4.69) is 35.0 Å². The Kier molecular flexibility index (Phi) is 4.18. The first-order valence-electron chi connectivity index (χ1n) is 6.29. The maximum absolute atomic E-state index is 5.85. The van der Waals surface area contributed by atoms with Crippen LogP contribution in [0.25, 0.3) is 0 Å². The number of nitrogens with zero attached hydrogens (tertiary/aromatic N) is 2. The van der Waals surface area contributed by atoms with Crippen LogP contribution in [0.1, 0.15) is 18.9 Å². The number of nitrogens with two attached hydrogens (primary N) is 1. The van der Waals surface area contributed by atoms with E-state index in [1.807, 2.05) is 30.6 Å². The summed E-state index contributed by atoms with van der Waals surface area (Å²) < 4.78 is 0. The molecule has 0 bridgehead atoms. The highest BCUT2D eigenvalue weighted by Crippen LogP contribution is 2.20. The summed E-state index contributed by atoms with van der Waals surface area (Å²) in [5, 5.41) is 0. The molecule has 3 nitrogen and oxygen atoms in total. The molecule has 0 atom stereocenters. The zero-order chi connectivity index (χ0) is 12.8. The largest absolute Gasteiger partial charge is 0.399 e. The van der Waals surface area contributed by atoms with Gasteiger partial charge >= 0.3 is 0 Å². The van der Waals surface area contributed by atoms with Gasteiger partial charge in [-0.2, -0.15) is 0 Å². The van der Waals surface area contributed by atoms with Crippen LogP contribution in [0.4, 0.5) is 11.4 Å². The SMILES string of the molecule is CCCN(Cc1ccncc1)c1cccc(N)c1. The summed E-state index contributed by atoms with van der Waals surface area (Å²) in [6.07, 6.45) is 4.78. The van der Waals surface area contributed by atoms with Gasteiger partial charge in [-0.05, 0) is 42.3 Å². The van der Waals surface area contributed by atoms with E-state index in [4.69, 9.17) is 5.73 Å². The smallest absolute Gasteiger partial charge is 0.0430 e. The van der Waals surface area contributed by atoms with Gasteiger partial charge in [-0.3, -0.25) is 4.98 Å². The van der Waals surface area contributed by atoms with Gasteiger partial charge in [-0.1, -0.05) is 13.0 Å². The van der Waals surface area contributed by atoms with E-state index in [1.165, 1.54) is 11.3 Å². The Labute approximate surface area is 108 Å². The minimum Gasteiger partial charge on any atom is -0.399 e. The molecule has 0 aliphatic carbocycles. The van der Waals surface area contributed by atoms with E-state index in [9.17, 15) is 0 Å². The highest BCUT2D eigenvalue weighted by molar-refractivity contribution is 5.56. The predicted octanol–water partition coefficient (Wildman–Crippen LogP) is 3.08. The molecule has 1 heterocycles. The molecule has 1 aromatic carbocycles. The molecular weight excluding hydrogens is 222 g/mol. The van der Waals surface area contributed by atoms with Crippen LogP contribution in [-0.4, -0.2) is 11.5 Å². The van der Waals surface area contributed by atoms with Crippen molar-refractivity contribution >= 4 is 11.4 Å². The molecule has 0 aliphatic rings. The quantitative estimate of drug-likeness (QED) is 0.818. The van der Waals surface area contributed by atoms with E-state index >= 15 is 0 Å². The summed E-state index contributed by atoms with van der Waals surface area (Å²) in [6, 6.07) is 12.1. The summed E-state index contributed by atoms with van der Waals surface area (Å²) in [5.74, 6) is 0. The molecule has 18 heavy (non-hydrogen) atoms. The number of hydrogen-bond acceptors (Lipinski definition) is 3. The van der Waals surface area contributed by atoms with Crippen molar-refractivity contribution in [3.05, 3.63) is 54.4 Å². The molecule has 94 valence electrons. The Morgan fingerprint density at radius 2 is 1.94 bits per heavy atom. The molecule has 0 aliphatic heterocycles. The van der Waals surface area contributed by atoms with Crippen LogP contribution in [0.5, 0.6) is 0 Å². The minimum absolute atomic E-state index is 0.809. The Morgan fingerprint density at radius 3 is 2.61 bits per heavy atom. The lowest BCUT2D eigenvalue weighted by atomic mass is 10.2. The molecule has 0 spiro atoms. The van der Waals surface area contributed by atoms with Gasteiger partial charge in [0.2, 0.25) is 0 Å². The summed E-state index contributed by atoms with van der Waals surface area (Å²) in [6.45, 7) is 4.09. The molecule has 0 saturated heterocycles. The molecule has 0 amide bonds. The first-order chi connectivity index (χ1) is 8.79. The molecule has 0 saturated carbocycles. The molecule has 0 unspecified atom stereocenters. The maximum atomic E-state index is 5.85. The first-order valence-corrected chi connectivity index (χ1v) is 6.29. The maximum Gasteiger partial charge on any atom is 0.0430 e. The highest BCUT2D eigenvalue weighted by atomic mass is 15.1. The van der Waals surface area contributed by atoms with Gasteiger partial charge < -0.3 is 10.6 Å². The molecule has 3 heteroatoms. The van der Waals surface area contributed by atoms with E-state index in [1.54, 1.807) is 0 Å². The van der Waals surface area contributed by atoms with Crippen molar-refractivity contribution in [2.45, 2.75) is 19.9 Å². The summed E-state index contributed by atoms with van der Waals surface area (Å²) in [4.78, 5) is 6.39. The van der Waals surface area contributed by atoms with Crippen molar-refractivity contribution in [3.63, 3.8) is 0 Å². The van der Waals surface area contributed by atoms with Crippen LogP contribution >= 0.6 is 0 Å². The van der Waals surface area contributed by atoms with Crippen molar-refractivity contribution in [1.82, 2.24) is 4.98 Å².